The lowest BCUT2D eigenvalue weighted by molar-refractivity contribution is -0.873. The van der Waals surface area contributed by atoms with Gasteiger partial charge in [-0.25, -0.2) is 0 Å². The third kappa shape index (κ3) is 23.4. The first-order valence-electron chi connectivity index (χ1n) is 12.8. The molecule has 184 valence electrons. The Morgan fingerprint density at radius 2 is 1.16 bits per heavy atom. The van der Waals surface area contributed by atoms with Crippen LogP contribution in [-0.2, 0) is 14.3 Å². The average Bonchev–Trinajstić information content (AvgIpc) is 2.62. The summed E-state index contributed by atoms with van der Waals surface area (Å²) in [6.45, 7) is 5.12. The molecule has 0 aliphatic rings. The summed E-state index contributed by atoms with van der Waals surface area (Å²) in [7, 11) is 5.91. The van der Waals surface area contributed by atoms with Crippen LogP contribution < -0.4 is 0 Å². The molecule has 5 heteroatoms. The van der Waals surface area contributed by atoms with Crippen LogP contribution in [0.25, 0.3) is 0 Å². The summed E-state index contributed by atoms with van der Waals surface area (Å²) in [6, 6.07) is 0. The van der Waals surface area contributed by atoms with Crippen molar-refractivity contribution in [3.05, 3.63) is 0 Å². The van der Waals surface area contributed by atoms with Crippen molar-refractivity contribution in [1.29, 1.82) is 0 Å². The predicted octanol–water partition coefficient (Wildman–Crippen LogP) is 6.59. The normalized spacial score (nSPS) is 12.8. The van der Waals surface area contributed by atoms with E-state index in [9.17, 15) is 9.59 Å². The fourth-order valence-electron chi connectivity index (χ4n) is 3.96. The van der Waals surface area contributed by atoms with Gasteiger partial charge in [0.05, 0.1) is 27.6 Å². The van der Waals surface area contributed by atoms with Crippen molar-refractivity contribution in [3.63, 3.8) is 0 Å². The molecule has 0 rings (SSSR count). The third-order valence-corrected chi connectivity index (χ3v) is 5.61. The van der Waals surface area contributed by atoms with Crippen LogP contribution >= 0.6 is 0 Å². The first-order chi connectivity index (χ1) is 14.6. The highest BCUT2D eigenvalue weighted by molar-refractivity contribution is 5.71. The highest BCUT2D eigenvalue weighted by atomic mass is 16.5. The number of carboxylic acids is 1. The first-order valence-corrected chi connectivity index (χ1v) is 12.8. The summed E-state index contributed by atoms with van der Waals surface area (Å²) < 4.78 is 6.00. The number of quaternary nitrogens is 1. The minimum atomic E-state index is -0.923. The number of esters is 1. The number of unbranched alkanes of at least 4 members (excludes halogenated alkanes) is 12. The number of carbonyl (C=O) groups excluding carboxylic acids is 1. The molecule has 0 saturated carbocycles. The van der Waals surface area contributed by atoms with Crippen molar-refractivity contribution in [1.82, 2.24) is 0 Å². The number of aliphatic carboxylic acids is 1. The molecular formula is C26H52NO4+. The standard InChI is InChI=1S/C26H51NO4/c1-23(2)19-17-15-13-11-9-7-6-8-10-12-14-16-18-20-26(30)31-24(21-25(28)29)22-27(3,4)5/h23-24H,6-22H2,1-5H3/p+1. The number of ether oxygens (including phenoxy) is 1. The van der Waals surface area contributed by atoms with Crippen molar-refractivity contribution >= 4 is 11.9 Å². The molecule has 1 atom stereocenters. The van der Waals surface area contributed by atoms with Crippen LogP contribution in [0.2, 0.25) is 0 Å². The van der Waals surface area contributed by atoms with E-state index in [1.807, 2.05) is 21.1 Å². The van der Waals surface area contributed by atoms with Gasteiger partial charge in [-0.15, -0.1) is 0 Å². The van der Waals surface area contributed by atoms with Gasteiger partial charge in [0, 0.05) is 6.42 Å². The number of hydrogen-bond acceptors (Lipinski definition) is 3. The fourth-order valence-corrected chi connectivity index (χ4v) is 3.96. The summed E-state index contributed by atoms with van der Waals surface area (Å²) in [5.74, 6) is -0.334. The molecule has 0 aromatic carbocycles. The molecule has 0 aromatic rings. The number of nitrogens with zero attached hydrogens (tertiary/aromatic N) is 1. The zero-order valence-corrected chi connectivity index (χ0v) is 21.3. The van der Waals surface area contributed by atoms with E-state index in [1.165, 1.54) is 77.0 Å². The van der Waals surface area contributed by atoms with Crippen LogP contribution in [0.15, 0.2) is 0 Å². The molecule has 5 nitrogen and oxygen atoms in total. The molecule has 0 amide bonds. The maximum absolute atomic E-state index is 12.0. The number of likely N-dealkylation sites (N-methyl/N-ethyl adjacent to an activating group) is 1. The lowest BCUT2D eigenvalue weighted by Gasteiger charge is -2.28. The van der Waals surface area contributed by atoms with Crippen molar-refractivity contribution < 1.29 is 23.9 Å². The Morgan fingerprint density at radius 3 is 1.55 bits per heavy atom. The van der Waals surface area contributed by atoms with Gasteiger partial charge < -0.3 is 14.3 Å². The maximum Gasteiger partial charge on any atom is 0.307 e. The molecule has 0 spiro atoms. The number of carbonyl (C=O) groups is 2. The third-order valence-electron chi connectivity index (χ3n) is 5.61. The summed E-state index contributed by atoms with van der Waals surface area (Å²) in [5, 5.41) is 9.02. The van der Waals surface area contributed by atoms with Crippen LogP contribution in [0.4, 0.5) is 0 Å². The number of hydrogen-bond donors (Lipinski definition) is 1. The fraction of sp³-hybridized carbons (Fsp3) is 0.923. The Kier molecular flexibility index (Phi) is 17.8. The van der Waals surface area contributed by atoms with Gasteiger partial charge in [0.15, 0.2) is 6.10 Å². The van der Waals surface area contributed by atoms with Gasteiger partial charge in [-0.05, 0) is 12.3 Å². The summed E-state index contributed by atoms with van der Waals surface area (Å²) in [5.41, 5.74) is 0. The highest BCUT2D eigenvalue weighted by Crippen LogP contribution is 2.15. The summed E-state index contributed by atoms with van der Waals surface area (Å²) >= 11 is 0. The van der Waals surface area contributed by atoms with E-state index in [0.717, 1.165) is 18.8 Å². The maximum atomic E-state index is 12.0. The minimum absolute atomic E-state index is 0.126. The van der Waals surface area contributed by atoms with E-state index >= 15 is 0 Å². The Balaban J connectivity index is 3.55. The van der Waals surface area contributed by atoms with E-state index in [1.54, 1.807) is 0 Å². The number of carboxylic acid groups (broad SMARTS) is 1. The van der Waals surface area contributed by atoms with Crippen LogP contribution in [0.3, 0.4) is 0 Å². The lowest BCUT2D eigenvalue weighted by Crippen LogP contribution is -2.43. The summed E-state index contributed by atoms with van der Waals surface area (Å²) in [6.07, 6.45) is 17.7. The molecule has 1 N–H and O–H groups in total. The second kappa shape index (κ2) is 18.5. The van der Waals surface area contributed by atoms with Crippen LogP contribution in [0, 0.1) is 5.92 Å². The molecule has 1 unspecified atom stereocenters. The highest BCUT2D eigenvalue weighted by Gasteiger charge is 2.24. The Hall–Kier alpha value is -1.10. The molecule has 0 saturated heterocycles. The molecule has 0 aliphatic carbocycles. The molecule has 0 aromatic heterocycles. The van der Waals surface area contributed by atoms with Gasteiger partial charge in [-0.2, -0.15) is 0 Å². The second-order valence-corrected chi connectivity index (χ2v) is 10.7. The summed E-state index contributed by atoms with van der Waals surface area (Å²) in [4.78, 5) is 23.0. The molecule has 31 heavy (non-hydrogen) atoms. The second-order valence-electron chi connectivity index (χ2n) is 10.7. The smallest absolute Gasteiger partial charge is 0.307 e. The van der Waals surface area contributed by atoms with Crippen molar-refractivity contribution in [3.8, 4) is 0 Å². The van der Waals surface area contributed by atoms with Gasteiger partial charge in [-0.3, -0.25) is 9.59 Å². The molecular weight excluding hydrogens is 390 g/mol. The zero-order valence-electron chi connectivity index (χ0n) is 21.3. The van der Waals surface area contributed by atoms with E-state index < -0.39 is 12.1 Å². The molecule has 0 heterocycles. The van der Waals surface area contributed by atoms with Gasteiger partial charge in [0.25, 0.3) is 0 Å². The van der Waals surface area contributed by atoms with E-state index in [2.05, 4.69) is 13.8 Å². The molecule has 0 aliphatic heterocycles. The topological polar surface area (TPSA) is 63.6 Å². The molecule has 0 radical (unpaired) electrons. The molecule has 0 fully saturated rings. The monoisotopic (exact) mass is 442 g/mol. The van der Waals surface area contributed by atoms with Crippen LogP contribution in [-0.4, -0.2) is 55.3 Å². The van der Waals surface area contributed by atoms with Crippen molar-refractivity contribution in [2.75, 3.05) is 27.7 Å². The molecule has 0 bridgehead atoms. The minimum Gasteiger partial charge on any atom is -0.481 e. The van der Waals surface area contributed by atoms with Crippen LogP contribution in [0.5, 0.6) is 0 Å². The van der Waals surface area contributed by atoms with Gasteiger partial charge in [-0.1, -0.05) is 97.3 Å². The Labute approximate surface area is 192 Å². The van der Waals surface area contributed by atoms with Gasteiger partial charge in [0.1, 0.15) is 6.54 Å². The SMILES string of the molecule is CC(C)CCCCCCCCCCCCCCCC(=O)OC(CC(=O)O)C[N+](C)(C)C. The van der Waals surface area contributed by atoms with Crippen molar-refractivity contribution in [2.24, 2.45) is 5.92 Å². The Bertz CT molecular complexity index is 457. The van der Waals surface area contributed by atoms with Gasteiger partial charge in [0.2, 0.25) is 0 Å². The average molecular weight is 443 g/mol. The zero-order chi connectivity index (χ0) is 23.5. The van der Waals surface area contributed by atoms with Gasteiger partial charge >= 0.3 is 11.9 Å². The number of rotatable bonds is 21. The van der Waals surface area contributed by atoms with Crippen molar-refractivity contribution in [2.45, 2.75) is 123 Å². The lowest BCUT2D eigenvalue weighted by atomic mass is 10.0. The van der Waals surface area contributed by atoms with E-state index in [0.29, 0.717) is 17.4 Å². The largest absolute Gasteiger partial charge is 0.481 e. The predicted molar refractivity (Wildman–Crippen MR) is 129 cm³/mol. The van der Waals surface area contributed by atoms with E-state index in [-0.39, 0.29) is 12.4 Å². The first kappa shape index (κ1) is 29.9. The van der Waals surface area contributed by atoms with Crippen LogP contribution in [0.1, 0.15) is 117 Å². The Morgan fingerprint density at radius 1 is 0.742 bits per heavy atom. The quantitative estimate of drug-likeness (QED) is 0.124. The van der Waals surface area contributed by atoms with E-state index in [4.69, 9.17) is 9.84 Å².